The summed E-state index contributed by atoms with van der Waals surface area (Å²) in [5.41, 5.74) is 12.6. The SMILES string of the molecule is Cc1ccc(C(N)(Cc2ccccc2)c2ccccc2)c(C)c1. The molecule has 3 aromatic carbocycles. The maximum atomic E-state index is 7.02. The van der Waals surface area contributed by atoms with E-state index in [0.717, 1.165) is 12.0 Å². The first kappa shape index (κ1) is 15.5. The van der Waals surface area contributed by atoms with Gasteiger partial charge in [0, 0.05) is 0 Å². The molecule has 0 aliphatic carbocycles. The molecule has 0 amide bonds. The second kappa shape index (κ2) is 6.39. The molecule has 0 aromatic heterocycles. The maximum Gasteiger partial charge on any atom is 0.0709 e. The van der Waals surface area contributed by atoms with Crippen LogP contribution in [0.3, 0.4) is 0 Å². The van der Waals surface area contributed by atoms with Crippen molar-refractivity contribution in [2.45, 2.75) is 25.8 Å². The third-order valence-electron chi connectivity index (χ3n) is 4.48. The van der Waals surface area contributed by atoms with E-state index in [0.29, 0.717) is 0 Å². The Morgan fingerprint density at radius 1 is 0.783 bits per heavy atom. The van der Waals surface area contributed by atoms with Crippen LogP contribution in [-0.4, -0.2) is 0 Å². The summed E-state index contributed by atoms with van der Waals surface area (Å²) in [6.45, 7) is 4.27. The topological polar surface area (TPSA) is 26.0 Å². The molecule has 0 spiro atoms. The van der Waals surface area contributed by atoms with Gasteiger partial charge in [0.15, 0.2) is 0 Å². The van der Waals surface area contributed by atoms with Crippen molar-refractivity contribution in [3.63, 3.8) is 0 Å². The lowest BCUT2D eigenvalue weighted by Gasteiger charge is -2.33. The van der Waals surface area contributed by atoms with Crippen molar-refractivity contribution in [1.29, 1.82) is 0 Å². The van der Waals surface area contributed by atoms with Crippen LogP contribution in [0.5, 0.6) is 0 Å². The van der Waals surface area contributed by atoms with E-state index in [1.807, 2.05) is 12.1 Å². The highest BCUT2D eigenvalue weighted by Gasteiger charge is 2.31. The third kappa shape index (κ3) is 3.20. The van der Waals surface area contributed by atoms with Gasteiger partial charge in [-0.05, 0) is 42.5 Å². The average molecular weight is 301 g/mol. The minimum atomic E-state index is -0.527. The highest BCUT2D eigenvalue weighted by atomic mass is 14.7. The zero-order chi connectivity index (χ0) is 16.3. The first-order chi connectivity index (χ1) is 11.1. The summed E-state index contributed by atoms with van der Waals surface area (Å²) in [4.78, 5) is 0. The van der Waals surface area contributed by atoms with Crippen LogP contribution in [0.2, 0.25) is 0 Å². The number of hydrogen-bond donors (Lipinski definition) is 1. The van der Waals surface area contributed by atoms with Gasteiger partial charge in [0.2, 0.25) is 0 Å². The normalized spacial score (nSPS) is 13.5. The maximum absolute atomic E-state index is 7.02. The summed E-state index contributed by atoms with van der Waals surface area (Å²) in [6.07, 6.45) is 0.780. The summed E-state index contributed by atoms with van der Waals surface area (Å²) in [7, 11) is 0. The molecule has 0 aliphatic heterocycles. The van der Waals surface area contributed by atoms with Crippen LogP contribution in [0.4, 0.5) is 0 Å². The minimum absolute atomic E-state index is 0.527. The van der Waals surface area contributed by atoms with Crippen molar-refractivity contribution >= 4 is 0 Å². The van der Waals surface area contributed by atoms with E-state index in [2.05, 4.69) is 80.6 Å². The Labute approximate surface area is 138 Å². The van der Waals surface area contributed by atoms with Gasteiger partial charge in [-0.15, -0.1) is 0 Å². The van der Waals surface area contributed by atoms with Crippen LogP contribution in [0.25, 0.3) is 0 Å². The molecule has 0 radical (unpaired) electrons. The number of nitrogens with two attached hydrogens (primary N) is 1. The zero-order valence-electron chi connectivity index (χ0n) is 13.8. The van der Waals surface area contributed by atoms with Crippen molar-refractivity contribution in [2.75, 3.05) is 0 Å². The summed E-state index contributed by atoms with van der Waals surface area (Å²) >= 11 is 0. The van der Waals surface area contributed by atoms with Gasteiger partial charge in [0.05, 0.1) is 5.54 Å². The summed E-state index contributed by atoms with van der Waals surface area (Å²) in [6, 6.07) is 27.4. The molecule has 0 saturated heterocycles. The Hall–Kier alpha value is -2.38. The Balaban J connectivity index is 2.13. The average Bonchev–Trinajstić information content (AvgIpc) is 2.56. The van der Waals surface area contributed by atoms with E-state index in [4.69, 9.17) is 5.73 Å². The van der Waals surface area contributed by atoms with Gasteiger partial charge in [0.25, 0.3) is 0 Å². The lowest BCUT2D eigenvalue weighted by Crippen LogP contribution is -2.41. The fraction of sp³-hybridized carbons (Fsp3) is 0.182. The van der Waals surface area contributed by atoms with E-state index in [9.17, 15) is 0 Å². The van der Waals surface area contributed by atoms with E-state index in [1.165, 1.54) is 22.3 Å². The van der Waals surface area contributed by atoms with Gasteiger partial charge in [-0.2, -0.15) is 0 Å². The third-order valence-corrected chi connectivity index (χ3v) is 4.48. The smallest absolute Gasteiger partial charge is 0.0709 e. The van der Waals surface area contributed by atoms with Crippen LogP contribution in [0.1, 0.15) is 27.8 Å². The fourth-order valence-electron chi connectivity index (χ4n) is 3.32. The van der Waals surface area contributed by atoms with Gasteiger partial charge in [-0.25, -0.2) is 0 Å². The molecule has 116 valence electrons. The minimum Gasteiger partial charge on any atom is -0.317 e. The lowest BCUT2D eigenvalue weighted by molar-refractivity contribution is 0.532. The number of hydrogen-bond acceptors (Lipinski definition) is 1. The highest BCUT2D eigenvalue weighted by Crippen LogP contribution is 2.33. The standard InChI is InChI=1S/C22H23N/c1-17-13-14-21(18(2)15-17)22(23,20-11-7-4-8-12-20)16-19-9-5-3-6-10-19/h3-15H,16,23H2,1-2H3. The molecule has 1 heteroatoms. The fourth-order valence-corrected chi connectivity index (χ4v) is 3.32. The van der Waals surface area contributed by atoms with Crippen LogP contribution >= 0.6 is 0 Å². The number of aryl methyl sites for hydroxylation is 2. The Kier molecular flexibility index (Phi) is 4.31. The van der Waals surface area contributed by atoms with Crippen LogP contribution in [-0.2, 0) is 12.0 Å². The molecule has 0 fully saturated rings. The first-order valence-electron chi connectivity index (χ1n) is 8.06. The number of rotatable bonds is 4. The zero-order valence-corrected chi connectivity index (χ0v) is 13.8. The monoisotopic (exact) mass is 301 g/mol. The van der Waals surface area contributed by atoms with Crippen LogP contribution in [0, 0.1) is 13.8 Å². The van der Waals surface area contributed by atoms with Crippen molar-refractivity contribution in [3.05, 3.63) is 107 Å². The molecule has 1 nitrogen and oxygen atoms in total. The molecule has 23 heavy (non-hydrogen) atoms. The predicted octanol–water partition coefficient (Wildman–Crippen LogP) is 4.75. The second-order valence-electron chi connectivity index (χ2n) is 6.32. The molecule has 2 N–H and O–H groups in total. The molecular weight excluding hydrogens is 278 g/mol. The van der Waals surface area contributed by atoms with Crippen molar-refractivity contribution in [1.82, 2.24) is 0 Å². The summed E-state index contributed by atoms with van der Waals surface area (Å²) < 4.78 is 0. The second-order valence-corrected chi connectivity index (χ2v) is 6.32. The van der Waals surface area contributed by atoms with E-state index >= 15 is 0 Å². The quantitative estimate of drug-likeness (QED) is 0.739. The van der Waals surface area contributed by atoms with Crippen molar-refractivity contribution in [3.8, 4) is 0 Å². The van der Waals surface area contributed by atoms with Gasteiger partial charge < -0.3 is 5.73 Å². The van der Waals surface area contributed by atoms with Crippen molar-refractivity contribution in [2.24, 2.45) is 5.73 Å². The van der Waals surface area contributed by atoms with Gasteiger partial charge in [-0.3, -0.25) is 0 Å². The van der Waals surface area contributed by atoms with E-state index < -0.39 is 5.54 Å². The Morgan fingerprint density at radius 2 is 1.39 bits per heavy atom. The Bertz CT molecular complexity index is 778. The molecule has 0 aliphatic rings. The molecule has 0 saturated carbocycles. The van der Waals surface area contributed by atoms with Crippen molar-refractivity contribution < 1.29 is 0 Å². The molecular formula is C22H23N. The van der Waals surface area contributed by atoms with Crippen LogP contribution in [0.15, 0.2) is 78.9 Å². The molecule has 1 unspecified atom stereocenters. The highest BCUT2D eigenvalue weighted by molar-refractivity contribution is 5.45. The largest absolute Gasteiger partial charge is 0.317 e. The first-order valence-corrected chi connectivity index (χ1v) is 8.06. The summed E-state index contributed by atoms with van der Waals surface area (Å²) in [5, 5.41) is 0. The van der Waals surface area contributed by atoms with Crippen LogP contribution < -0.4 is 5.73 Å². The van der Waals surface area contributed by atoms with E-state index in [1.54, 1.807) is 0 Å². The summed E-state index contributed by atoms with van der Waals surface area (Å²) in [5.74, 6) is 0. The molecule has 0 bridgehead atoms. The van der Waals surface area contributed by atoms with Gasteiger partial charge in [-0.1, -0.05) is 84.4 Å². The molecule has 0 heterocycles. The van der Waals surface area contributed by atoms with E-state index in [-0.39, 0.29) is 0 Å². The molecule has 1 atom stereocenters. The molecule has 3 aromatic rings. The van der Waals surface area contributed by atoms with Gasteiger partial charge >= 0.3 is 0 Å². The predicted molar refractivity (Wildman–Crippen MR) is 97.5 cm³/mol. The molecule has 3 rings (SSSR count). The Morgan fingerprint density at radius 3 is 2.00 bits per heavy atom. The van der Waals surface area contributed by atoms with Gasteiger partial charge in [0.1, 0.15) is 0 Å². The number of benzene rings is 3. The lowest BCUT2D eigenvalue weighted by atomic mass is 9.77.